The van der Waals surface area contributed by atoms with Crippen LogP contribution in [-0.4, -0.2) is 15.8 Å². The predicted octanol–water partition coefficient (Wildman–Crippen LogP) is -0.540. The second-order valence-corrected chi connectivity index (χ2v) is 1.67. The van der Waals surface area contributed by atoms with E-state index >= 15 is 0 Å². The molecule has 0 bridgehead atoms. The summed E-state index contributed by atoms with van der Waals surface area (Å²) in [5, 5.41) is 0. The Morgan fingerprint density at radius 2 is 2.56 bits per heavy atom. The maximum atomic E-state index is 9.98. The molecule has 4 heteroatoms. The number of rotatable bonds is 1. The second kappa shape index (κ2) is 1.89. The van der Waals surface area contributed by atoms with Gasteiger partial charge in [-0.05, 0) is 0 Å². The summed E-state index contributed by atoms with van der Waals surface area (Å²) >= 11 is 0. The van der Waals surface area contributed by atoms with Gasteiger partial charge in [0, 0.05) is 7.05 Å². The van der Waals surface area contributed by atoms with E-state index in [-0.39, 0.29) is 5.82 Å². The van der Waals surface area contributed by atoms with Crippen molar-refractivity contribution in [3.05, 3.63) is 12.0 Å². The molecule has 0 unspecified atom stereocenters. The first-order chi connectivity index (χ1) is 4.25. The monoisotopic (exact) mass is 124 g/mol. The van der Waals surface area contributed by atoms with Gasteiger partial charge in [-0.2, -0.15) is 0 Å². The molecule has 1 aromatic rings. The highest BCUT2D eigenvalue weighted by molar-refractivity contribution is 5.71. The minimum Gasteiger partial charge on any atom is -0.384 e. The molecule has 0 aliphatic heterocycles. The molecule has 1 rings (SSSR count). The molecule has 0 aliphatic carbocycles. The number of imidazole rings is 1. The van der Waals surface area contributed by atoms with Gasteiger partial charge in [-0.1, -0.05) is 0 Å². The molecule has 1 aromatic heterocycles. The third-order valence-electron chi connectivity index (χ3n) is 1.12. The summed E-state index contributed by atoms with van der Waals surface area (Å²) in [6.07, 6.45) is 3.05. The molecule has 0 saturated heterocycles. The molecule has 0 aromatic carbocycles. The zero-order valence-corrected chi connectivity index (χ0v) is 4.96. The van der Waals surface area contributed by atoms with Crippen LogP contribution in [0, 0.1) is 0 Å². The molecular formula is C5H6N3O. The van der Waals surface area contributed by atoms with Crippen LogP contribution in [0.15, 0.2) is 6.20 Å². The molecule has 1 radical (unpaired) electrons. The van der Waals surface area contributed by atoms with Crippen LogP contribution in [0.4, 0.5) is 5.82 Å². The van der Waals surface area contributed by atoms with Gasteiger partial charge in [0.1, 0.15) is 5.82 Å². The van der Waals surface area contributed by atoms with Gasteiger partial charge in [-0.25, -0.2) is 4.98 Å². The van der Waals surface area contributed by atoms with Gasteiger partial charge in [-0.15, -0.1) is 0 Å². The quantitative estimate of drug-likeness (QED) is 0.547. The second-order valence-electron chi connectivity index (χ2n) is 1.67. The highest BCUT2D eigenvalue weighted by Gasteiger charge is 2.00. The number of aromatic nitrogens is 2. The molecule has 0 amide bonds. The average Bonchev–Trinajstić information content (AvgIpc) is 2.15. The number of nitrogen functional groups attached to an aromatic ring is 1. The number of hydrogen-bond donors (Lipinski definition) is 1. The lowest BCUT2D eigenvalue weighted by Gasteiger charge is -1.92. The summed E-state index contributed by atoms with van der Waals surface area (Å²) in [6.45, 7) is 0. The van der Waals surface area contributed by atoms with Gasteiger partial charge in [0.05, 0.1) is 6.20 Å². The number of nitrogens with two attached hydrogens (primary N) is 1. The molecule has 2 N–H and O–H groups in total. The van der Waals surface area contributed by atoms with E-state index in [1.807, 2.05) is 0 Å². The molecule has 0 atom stereocenters. The molecule has 1 heterocycles. The van der Waals surface area contributed by atoms with E-state index in [4.69, 9.17) is 5.73 Å². The summed E-state index contributed by atoms with van der Waals surface area (Å²) < 4.78 is 1.47. The molecule has 0 saturated carbocycles. The van der Waals surface area contributed by atoms with Gasteiger partial charge in [-0.3, -0.25) is 4.79 Å². The number of anilines is 1. The van der Waals surface area contributed by atoms with Crippen molar-refractivity contribution in [2.45, 2.75) is 0 Å². The van der Waals surface area contributed by atoms with Crippen molar-refractivity contribution in [3.8, 4) is 0 Å². The lowest BCUT2D eigenvalue weighted by molar-refractivity contribution is 0.558. The normalized spacial score (nSPS) is 9.44. The van der Waals surface area contributed by atoms with Crippen molar-refractivity contribution >= 4 is 12.1 Å². The van der Waals surface area contributed by atoms with Gasteiger partial charge in [0.25, 0.3) is 6.29 Å². The Labute approximate surface area is 52.3 Å². The average molecular weight is 124 g/mol. The highest BCUT2D eigenvalue weighted by Crippen LogP contribution is 1.99. The Balaban J connectivity index is 3.18. The number of hydrogen-bond acceptors (Lipinski definition) is 3. The Morgan fingerprint density at radius 3 is 2.78 bits per heavy atom. The summed E-state index contributed by atoms with van der Waals surface area (Å²) in [5.74, 6) is 0.695. The first-order valence-electron chi connectivity index (χ1n) is 2.41. The lowest BCUT2D eigenvalue weighted by Crippen LogP contribution is -1.99. The van der Waals surface area contributed by atoms with Crippen molar-refractivity contribution in [2.24, 2.45) is 7.05 Å². The fraction of sp³-hybridized carbons (Fsp3) is 0.200. The first-order valence-corrected chi connectivity index (χ1v) is 2.41. The van der Waals surface area contributed by atoms with Gasteiger partial charge >= 0.3 is 0 Å². The SMILES string of the molecule is Cn1c(N)cnc1[C]=O. The Morgan fingerprint density at radius 1 is 1.89 bits per heavy atom. The van der Waals surface area contributed by atoms with Crippen LogP contribution in [0.2, 0.25) is 0 Å². The molecular weight excluding hydrogens is 118 g/mol. The smallest absolute Gasteiger partial charge is 0.272 e. The van der Waals surface area contributed by atoms with Crippen molar-refractivity contribution < 1.29 is 4.79 Å². The Hall–Kier alpha value is -1.32. The minimum atomic E-state index is 0.229. The fourth-order valence-electron chi connectivity index (χ4n) is 0.518. The van der Waals surface area contributed by atoms with Crippen molar-refractivity contribution in [2.75, 3.05) is 5.73 Å². The topological polar surface area (TPSA) is 60.9 Å². The third-order valence-corrected chi connectivity index (χ3v) is 1.12. The van der Waals surface area contributed by atoms with Crippen LogP contribution < -0.4 is 5.73 Å². The van der Waals surface area contributed by atoms with E-state index in [9.17, 15) is 4.79 Å². The van der Waals surface area contributed by atoms with Crippen LogP contribution in [0.25, 0.3) is 0 Å². The molecule has 47 valence electrons. The van der Waals surface area contributed by atoms with E-state index in [1.165, 1.54) is 10.8 Å². The molecule has 0 aliphatic rings. The van der Waals surface area contributed by atoms with Crippen LogP contribution in [0.5, 0.6) is 0 Å². The zero-order chi connectivity index (χ0) is 6.85. The largest absolute Gasteiger partial charge is 0.384 e. The van der Waals surface area contributed by atoms with E-state index < -0.39 is 0 Å². The van der Waals surface area contributed by atoms with Crippen LogP contribution in [0.3, 0.4) is 0 Å². The van der Waals surface area contributed by atoms with E-state index in [0.29, 0.717) is 5.82 Å². The number of nitrogens with zero attached hydrogens (tertiary/aromatic N) is 2. The van der Waals surface area contributed by atoms with E-state index in [2.05, 4.69) is 4.98 Å². The molecule has 0 fully saturated rings. The summed E-state index contributed by atoms with van der Waals surface area (Å²) in [6, 6.07) is 0. The third kappa shape index (κ3) is 0.782. The van der Waals surface area contributed by atoms with Crippen molar-refractivity contribution in [3.63, 3.8) is 0 Å². The predicted molar refractivity (Wildman–Crippen MR) is 32.4 cm³/mol. The van der Waals surface area contributed by atoms with Crippen LogP contribution in [-0.2, 0) is 11.8 Å². The van der Waals surface area contributed by atoms with Crippen LogP contribution >= 0.6 is 0 Å². The number of carbonyl (C=O) groups excluding carboxylic acids is 1. The Bertz CT molecular complexity index is 228. The van der Waals surface area contributed by atoms with Crippen molar-refractivity contribution in [1.29, 1.82) is 0 Å². The summed E-state index contributed by atoms with van der Waals surface area (Å²) in [5.41, 5.74) is 5.34. The molecule has 9 heavy (non-hydrogen) atoms. The lowest BCUT2D eigenvalue weighted by atomic mass is 10.7. The van der Waals surface area contributed by atoms with Crippen LogP contribution in [0.1, 0.15) is 5.82 Å². The maximum Gasteiger partial charge on any atom is 0.272 e. The van der Waals surface area contributed by atoms with Gasteiger partial charge in [0.2, 0.25) is 0 Å². The molecule has 4 nitrogen and oxygen atoms in total. The summed E-state index contributed by atoms with van der Waals surface area (Å²) in [7, 11) is 1.66. The highest BCUT2D eigenvalue weighted by atomic mass is 16.1. The molecule has 0 spiro atoms. The van der Waals surface area contributed by atoms with E-state index in [1.54, 1.807) is 13.3 Å². The van der Waals surface area contributed by atoms with Gasteiger partial charge in [0.15, 0.2) is 5.82 Å². The Kier molecular flexibility index (Phi) is 1.22. The summed E-state index contributed by atoms with van der Waals surface area (Å²) in [4.78, 5) is 13.6. The van der Waals surface area contributed by atoms with Gasteiger partial charge < -0.3 is 10.3 Å². The maximum absolute atomic E-state index is 9.98. The van der Waals surface area contributed by atoms with E-state index in [0.717, 1.165) is 0 Å². The van der Waals surface area contributed by atoms with Crippen molar-refractivity contribution in [1.82, 2.24) is 9.55 Å². The zero-order valence-electron chi connectivity index (χ0n) is 4.96. The first kappa shape index (κ1) is 5.81. The standard InChI is InChI=1S/C5H6N3O/c1-8-4(6)2-7-5(8)3-9/h2H,6H2,1H3. The minimum absolute atomic E-state index is 0.229. The fourth-order valence-corrected chi connectivity index (χ4v) is 0.518.